The predicted molar refractivity (Wildman–Crippen MR) is 136 cm³/mol. The van der Waals surface area contributed by atoms with Gasteiger partial charge >= 0.3 is 0 Å². The zero-order valence-corrected chi connectivity index (χ0v) is 20.5. The highest BCUT2D eigenvalue weighted by Gasteiger charge is 2.32. The van der Waals surface area contributed by atoms with Gasteiger partial charge in [0.05, 0.1) is 13.5 Å². The van der Waals surface area contributed by atoms with Gasteiger partial charge in [0, 0.05) is 18.5 Å². The lowest BCUT2D eigenvalue weighted by atomic mass is 10.00. The minimum absolute atomic E-state index is 0.0981. The van der Waals surface area contributed by atoms with Crippen LogP contribution in [0, 0.1) is 0 Å². The molecule has 1 atom stereocenters. The van der Waals surface area contributed by atoms with Gasteiger partial charge in [-0.3, -0.25) is 9.59 Å². The van der Waals surface area contributed by atoms with Crippen LogP contribution in [0.5, 0.6) is 5.75 Å². The summed E-state index contributed by atoms with van der Waals surface area (Å²) in [5, 5.41) is 3.09. The lowest BCUT2D eigenvalue weighted by Crippen LogP contribution is -2.54. The van der Waals surface area contributed by atoms with Crippen molar-refractivity contribution in [1.82, 2.24) is 10.2 Å². The van der Waals surface area contributed by atoms with Gasteiger partial charge < -0.3 is 15.0 Å². The van der Waals surface area contributed by atoms with Crippen molar-refractivity contribution in [1.29, 1.82) is 0 Å². The quantitative estimate of drug-likeness (QED) is 0.501. The van der Waals surface area contributed by atoms with Crippen LogP contribution in [0.25, 0.3) is 0 Å². The van der Waals surface area contributed by atoms with Crippen LogP contribution >= 0.6 is 0 Å². The Balaban J connectivity index is 1.99. The van der Waals surface area contributed by atoms with Crippen LogP contribution in [0.15, 0.2) is 84.9 Å². The van der Waals surface area contributed by atoms with E-state index in [0.717, 1.165) is 16.7 Å². The first kappa shape index (κ1) is 25.0. The Hall–Kier alpha value is -3.60. The van der Waals surface area contributed by atoms with E-state index in [1.54, 1.807) is 12.0 Å². The molecular formula is C29H34N2O3. The Kier molecular flexibility index (Phi) is 8.47. The topological polar surface area (TPSA) is 58.6 Å². The van der Waals surface area contributed by atoms with Crippen molar-refractivity contribution in [2.24, 2.45) is 0 Å². The molecule has 34 heavy (non-hydrogen) atoms. The number of carbonyl (C=O) groups is 2. The van der Waals surface area contributed by atoms with Crippen molar-refractivity contribution < 1.29 is 14.3 Å². The molecule has 0 bridgehead atoms. The van der Waals surface area contributed by atoms with E-state index < -0.39 is 11.6 Å². The normalized spacial score (nSPS) is 12.0. The van der Waals surface area contributed by atoms with Crippen LogP contribution < -0.4 is 10.1 Å². The number of hydrogen-bond acceptors (Lipinski definition) is 3. The molecule has 5 heteroatoms. The molecule has 3 aromatic carbocycles. The standard InChI is InChI=1S/C29H34N2O3/c1-29(2,3)30-28(33)26(19-22-12-7-5-8-13-22)31(21-24-16-11-17-25(18-24)34-4)27(32)20-23-14-9-6-10-15-23/h5-18,26H,19-21H2,1-4H3,(H,30,33). The fraction of sp³-hybridized carbons (Fsp3) is 0.310. The van der Waals surface area contributed by atoms with Gasteiger partial charge in [-0.25, -0.2) is 0 Å². The Morgan fingerprint density at radius 1 is 0.853 bits per heavy atom. The van der Waals surface area contributed by atoms with E-state index in [2.05, 4.69) is 5.32 Å². The molecule has 0 fully saturated rings. The smallest absolute Gasteiger partial charge is 0.243 e. The van der Waals surface area contributed by atoms with Crippen LogP contribution in [0.4, 0.5) is 0 Å². The fourth-order valence-corrected chi connectivity index (χ4v) is 3.85. The molecule has 0 aliphatic heterocycles. The largest absolute Gasteiger partial charge is 0.497 e. The summed E-state index contributed by atoms with van der Waals surface area (Å²) in [6.07, 6.45) is 0.645. The third kappa shape index (κ3) is 7.48. The number of carbonyl (C=O) groups excluding carboxylic acids is 2. The molecule has 178 valence electrons. The van der Waals surface area contributed by atoms with Crippen molar-refractivity contribution in [3.63, 3.8) is 0 Å². The Bertz CT molecular complexity index is 1080. The van der Waals surface area contributed by atoms with Crippen LogP contribution in [0.1, 0.15) is 37.5 Å². The fourth-order valence-electron chi connectivity index (χ4n) is 3.85. The Morgan fingerprint density at radius 2 is 1.44 bits per heavy atom. The maximum Gasteiger partial charge on any atom is 0.243 e. The maximum absolute atomic E-state index is 13.7. The summed E-state index contributed by atoms with van der Waals surface area (Å²) in [7, 11) is 1.62. The summed E-state index contributed by atoms with van der Waals surface area (Å²) in [6, 6.07) is 26.4. The van der Waals surface area contributed by atoms with Gasteiger partial charge in [0.25, 0.3) is 0 Å². The minimum Gasteiger partial charge on any atom is -0.497 e. The van der Waals surface area contributed by atoms with Gasteiger partial charge in [-0.2, -0.15) is 0 Å². The van der Waals surface area contributed by atoms with Gasteiger partial charge in [0.2, 0.25) is 11.8 Å². The van der Waals surface area contributed by atoms with E-state index >= 15 is 0 Å². The lowest BCUT2D eigenvalue weighted by Gasteiger charge is -2.34. The van der Waals surface area contributed by atoms with E-state index in [4.69, 9.17) is 4.74 Å². The van der Waals surface area contributed by atoms with Gasteiger partial charge in [-0.15, -0.1) is 0 Å². The zero-order chi connectivity index (χ0) is 24.6. The molecule has 3 aromatic rings. The highest BCUT2D eigenvalue weighted by atomic mass is 16.5. The van der Waals surface area contributed by atoms with Crippen LogP contribution in [-0.4, -0.2) is 35.4 Å². The number of amides is 2. The van der Waals surface area contributed by atoms with Crippen LogP contribution in [-0.2, 0) is 29.0 Å². The van der Waals surface area contributed by atoms with Crippen molar-refractivity contribution in [2.45, 2.75) is 51.7 Å². The second-order valence-electron chi connectivity index (χ2n) is 9.48. The van der Waals surface area contributed by atoms with E-state index in [1.165, 1.54) is 0 Å². The molecular weight excluding hydrogens is 424 g/mol. The SMILES string of the molecule is COc1cccc(CN(C(=O)Cc2ccccc2)C(Cc2ccccc2)C(=O)NC(C)(C)C)c1. The van der Waals surface area contributed by atoms with E-state index in [-0.39, 0.29) is 18.2 Å². The number of hydrogen-bond donors (Lipinski definition) is 1. The summed E-state index contributed by atoms with van der Waals surface area (Å²) >= 11 is 0. The van der Waals surface area contributed by atoms with Gasteiger partial charge in [-0.05, 0) is 49.6 Å². The predicted octanol–water partition coefficient (Wildman–Crippen LogP) is 4.79. The van der Waals surface area contributed by atoms with Crippen molar-refractivity contribution in [2.75, 3.05) is 7.11 Å². The van der Waals surface area contributed by atoms with Gasteiger partial charge in [0.1, 0.15) is 11.8 Å². The number of rotatable bonds is 9. The summed E-state index contributed by atoms with van der Waals surface area (Å²) in [5.74, 6) is 0.450. The monoisotopic (exact) mass is 458 g/mol. The van der Waals surface area contributed by atoms with Crippen molar-refractivity contribution in [3.8, 4) is 5.75 Å². The molecule has 0 aromatic heterocycles. The average molecular weight is 459 g/mol. The molecule has 1 N–H and O–H groups in total. The highest BCUT2D eigenvalue weighted by Crippen LogP contribution is 2.20. The van der Waals surface area contributed by atoms with Crippen molar-refractivity contribution >= 4 is 11.8 Å². The van der Waals surface area contributed by atoms with Crippen LogP contribution in [0.2, 0.25) is 0 Å². The second kappa shape index (κ2) is 11.5. The van der Waals surface area contributed by atoms with E-state index in [0.29, 0.717) is 18.7 Å². The Labute approximate surface area is 202 Å². The number of ether oxygens (including phenoxy) is 1. The van der Waals surface area contributed by atoms with Gasteiger partial charge in [-0.1, -0.05) is 72.8 Å². The average Bonchev–Trinajstić information content (AvgIpc) is 2.81. The third-order valence-electron chi connectivity index (χ3n) is 5.45. The first-order chi connectivity index (χ1) is 16.2. The number of methoxy groups -OCH3 is 1. The highest BCUT2D eigenvalue weighted by molar-refractivity contribution is 5.89. The summed E-state index contributed by atoms with van der Waals surface area (Å²) in [6.45, 7) is 6.14. The molecule has 0 aliphatic rings. The first-order valence-electron chi connectivity index (χ1n) is 11.6. The molecule has 0 spiro atoms. The molecule has 1 unspecified atom stereocenters. The molecule has 0 saturated carbocycles. The number of nitrogens with one attached hydrogen (secondary N) is 1. The van der Waals surface area contributed by atoms with Crippen LogP contribution in [0.3, 0.4) is 0 Å². The molecule has 2 amide bonds. The molecule has 0 heterocycles. The minimum atomic E-state index is -0.663. The van der Waals surface area contributed by atoms with Gasteiger partial charge in [0.15, 0.2) is 0 Å². The second-order valence-corrected chi connectivity index (χ2v) is 9.48. The molecule has 0 saturated heterocycles. The van der Waals surface area contributed by atoms with E-state index in [1.807, 2.05) is 106 Å². The molecule has 5 nitrogen and oxygen atoms in total. The molecule has 0 aliphatic carbocycles. The lowest BCUT2D eigenvalue weighted by molar-refractivity contribution is -0.141. The number of nitrogens with zero attached hydrogens (tertiary/aromatic N) is 1. The summed E-state index contributed by atoms with van der Waals surface area (Å²) in [4.78, 5) is 28.9. The Morgan fingerprint density at radius 3 is 2.03 bits per heavy atom. The molecule has 3 rings (SSSR count). The van der Waals surface area contributed by atoms with Crippen molar-refractivity contribution in [3.05, 3.63) is 102 Å². The number of benzene rings is 3. The van der Waals surface area contributed by atoms with E-state index in [9.17, 15) is 9.59 Å². The molecule has 0 radical (unpaired) electrons. The first-order valence-corrected chi connectivity index (χ1v) is 11.6. The maximum atomic E-state index is 13.7. The summed E-state index contributed by atoms with van der Waals surface area (Å²) < 4.78 is 5.38. The third-order valence-corrected chi connectivity index (χ3v) is 5.45. The summed E-state index contributed by atoms with van der Waals surface area (Å²) in [5.41, 5.74) is 2.40. The zero-order valence-electron chi connectivity index (χ0n) is 20.5.